The molecule has 15 nitrogen and oxygen atoms in total. The lowest BCUT2D eigenvalue weighted by molar-refractivity contribution is -0.138. The SMILES string of the molecule is COC(=O)N[C@H](C(=O)N1C[C@]2(CCCOC2)C[C@H]1c1ncc(-c2ccc(-c3ccc4c(ccc5[nH]c([C@@H]6C[C@@H]7CCC[C@@H]7N6C(=O)[C@@H](NC(=O)OC)C(C)C)nc54)c3)cc2)[nH]1)C(C)C. The number of amides is 4. The third-order valence-electron chi connectivity index (χ3n) is 14.3. The molecule has 64 heavy (non-hydrogen) atoms. The number of likely N-dealkylation sites (tertiary alicyclic amines) is 2. The van der Waals surface area contributed by atoms with Crippen LogP contribution in [0, 0.1) is 23.2 Å². The second kappa shape index (κ2) is 17.5. The number of methoxy groups -OCH3 is 2. The minimum Gasteiger partial charge on any atom is -0.453 e. The molecule has 9 rings (SSSR count). The van der Waals surface area contributed by atoms with Crippen LogP contribution in [0.15, 0.2) is 60.8 Å². The molecule has 2 aromatic heterocycles. The second-order valence-electron chi connectivity index (χ2n) is 19.1. The highest BCUT2D eigenvalue weighted by molar-refractivity contribution is 6.05. The minimum absolute atomic E-state index is 0.0876. The van der Waals surface area contributed by atoms with E-state index in [1.807, 2.05) is 43.7 Å². The largest absolute Gasteiger partial charge is 0.453 e. The summed E-state index contributed by atoms with van der Waals surface area (Å²) in [6.07, 6.45) is 7.15. The number of nitrogens with zero attached hydrogens (tertiary/aromatic N) is 4. The molecule has 338 valence electrons. The Morgan fingerprint density at radius 2 is 1.52 bits per heavy atom. The first-order valence-corrected chi connectivity index (χ1v) is 22.8. The van der Waals surface area contributed by atoms with E-state index in [0.29, 0.717) is 24.9 Å². The van der Waals surface area contributed by atoms with Crippen LogP contribution in [-0.2, 0) is 23.8 Å². The third-order valence-corrected chi connectivity index (χ3v) is 14.3. The summed E-state index contributed by atoms with van der Waals surface area (Å²) in [6.45, 7) is 9.55. The van der Waals surface area contributed by atoms with Gasteiger partial charge in [-0.3, -0.25) is 9.59 Å². The highest BCUT2D eigenvalue weighted by Gasteiger charge is 2.51. The lowest BCUT2D eigenvalue weighted by Gasteiger charge is -2.33. The summed E-state index contributed by atoms with van der Waals surface area (Å²) in [7, 11) is 2.62. The van der Waals surface area contributed by atoms with E-state index in [-0.39, 0.29) is 47.2 Å². The molecule has 0 unspecified atom stereocenters. The molecule has 4 aliphatic rings. The van der Waals surface area contributed by atoms with Crippen molar-refractivity contribution in [2.45, 2.75) is 103 Å². The van der Waals surface area contributed by atoms with Gasteiger partial charge in [0.15, 0.2) is 0 Å². The number of carbonyl (C=O) groups excluding carboxylic acids is 4. The van der Waals surface area contributed by atoms with Crippen LogP contribution < -0.4 is 10.6 Å². The monoisotopic (exact) mass is 872 g/mol. The third kappa shape index (κ3) is 8.07. The first-order chi connectivity index (χ1) is 30.9. The van der Waals surface area contributed by atoms with E-state index in [0.717, 1.165) is 102 Å². The lowest BCUT2D eigenvalue weighted by Crippen LogP contribution is -2.53. The molecule has 4 fully saturated rings. The molecule has 7 atom stereocenters. The number of fused-ring (bicyclic) bond motifs is 4. The van der Waals surface area contributed by atoms with Gasteiger partial charge in [-0.15, -0.1) is 0 Å². The summed E-state index contributed by atoms with van der Waals surface area (Å²) in [5.74, 6) is 1.38. The molecule has 1 aliphatic carbocycles. The molecule has 5 aromatic rings. The number of aromatic amines is 2. The van der Waals surface area contributed by atoms with Gasteiger partial charge in [-0.2, -0.15) is 0 Å². The van der Waals surface area contributed by atoms with E-state index < -0.39 is 24.3 Å². The van der Waals surface area contributed by atoms with Crippen molar-refractivity contribution in [2.24, 2.45) is 23.2 Å². The summed E-state index contributed by atoms with van der Waals surface area (Å²) < 4.78 is 15.7. The maximum absolute atomic E-state index is 14.3. The number of benzene rings is 3. The molecule has 3 saturated heterocycles. The van der Waals surface area contributed by atoms with E-state index in [1.54, 1.807) is 0 Å². The van der Waals surface area contributed by atoms with Crippen molar-refractivity contribution in [2.75, 3.05) is 34.0 Å². The Morgan fingerprint density at radius 1 is 0.812 bits per heavy atom. The van der Waals surface area contributed by atoms with Gasteiger partial charge in [0, 0.05) is 30.0 Å². The maximum atomic E-state index is 14.3. The molecular weight excluding hydrogens is 813 g/mol. The molecular formula is C49H60N8O7. The van der Waals surface area contributed by atoms with Gasteiger partial charge in [0.1, 0.15) is 23.7 Å². The quantitative estimate of drug-likeness (QED) is 0.108. The van der Waals surface area contributed by atoms with Crippen LogP contribution in [0.3, 0.4) is 0 Å². The van der Waals surface area contributed by atoms with Crippen LogP contribution >= 0.6 is 0 Å². The molecule has 0 bridgehead atoms. The number of H-pyrrole nitrogens is 2. The molecule has 15 heteroatoms. The molecule has 5 heterocycles. The average molecular weight is 873 g/mol. The topological polar surface area (TPSA) is 184 Å². The van der Waals surface area contributed by atoms with Crippen LogP contribution in [0.5, 0.6) is 0 Å². The smallest absolute Gasteiger partial charge is 0.407 e. The Balaban J connectivity index is 0.947. The fourth-order valence-electron chi connectivity index (χ4n) is 11.0. The number of rotatable bonds is 10. The summed E-state index contributed by atoms with van der Waals surface area (Å²) in [5.41, 5.74) is 5.56. The highest BCUT2D eigenvalue weighted by Crippen LogP contribution is 2.49. The van der Waals surface area contributed by atoms with Crippen molar-refractivity contribution < 1.29 is 33.4 Å². The fraction of sp³-hybridized carbons (Fsp3) is 0.510. The molecule has 1 saturated carbocycles. The van der Waals surface area contributed by atoms with Gasteiger partial charge in [0.2, 0.25) is 11.8 Å². The standard InChI is InChI=1S/C49H60N8O7/c1-27(2)40(54-47(60)62-5)45(58)56-25-49(19-8-20-64-26-49)23-39(56)43-50-24-36(52-43)30-13-11-29(12-14-30)31-15-17-34-32(21-31)16-18-35-42(34)53-44(51-35)38-22-33-9-7-10-37(33)57(38)46(59)41(28(3)4)55-48(61)63-6/h11-18,21,24,27-28,33,37-41H,7-10,19-20,22-23,25-26H2,1-6H3,(H,50,52)(H,51,53)(H,54,60)(H,55,61)/t33-,37-,38-,39-,40-,41-,49-/m0/s1. The predicted molar refractivity (Wildman–Crippen MR) is 242 cm³/mol. The Bertz CT molecular complexity index is 2540. The van der Waals surface area contributed by atoms with Gasteiger partial charge in [0.05, 0.1) is 55.8 Å². The average Bonchev–Trinajstić information content (AvgIpc) is 4.15. The van der Waals surface area contributed by atoms with Crippen molar-refractivity contribution in [3.8, 4) is 22.4 Å². The van der Waals surface area contributed by atoms with Gasteiger partial charge in [-0.25, -0.2) is 19.6 Å². The van der Waals surface area contributed by atoms with Crippen molar-refractivity contribution in [3.63, 3.8) is 0 Å². The summed E-state index contributed by atoms with van der Waals surface area (Å²) >= 11 is 0. The predicted octanol–water partition coefficient (Wildman–Crippen LogP) is 8.05. The Hall–Kier alpha value is -5.96. The lowest BCUT2D eigenvalue weighted by atomic mass is 9.80. The van der Waals surface area contributed by atoms with Crippen LogP contribution in [0.4, 0.5) is 9.59 Å². The number of aromatic nitrogens is 4. The highest BCUT2D eigenvalue weighted by atomic mass is 16.5. The summed E-state index contributed by atoms with van der Waals surface area (Å²) in [4.78, 5) is 74.0. The van der Waals surface area contributed by atoms with Gasteiger partial charge >= 0.3 is 12.2 Å². The van der Waals surface area contributed by atoms with Crippen molar-refractivity contribution >= 4 is 45.8 Å². The van der Waals surface area contributed by atoms with Crippen molar-refractivity contribution in [3.05, 3.63) is 72.4 Å². The van der Waals surface area contributed by atoms with Crippen LogP contribution in [0.25, 0.3) is 44.2 Å². The van der Waals surface area contributed by atoms with Crippen molar-refractivity contribution in [1.82, 2.24) is 40.4 Å². The van der Waals surface area contributed by atoms with Gasteiger partial charge in [0.25, 0.3) is 0 Å². The number of ether oxygens (including phenoxy) is 3. The van der Waals surface area contributed by atoms with Gasteiger partial charge in [-0.1, -0.05) is 76.6 Å². The summed E-state index contributed by atoms with van der Waals surface area (Å²) in [5, 5.41) is 7.64. The molecule has 0 radical (unpaired) electrons. The minimum atomic E-state index is -0.740. The second-order valence-corrected chi connectivity index (χ2v) is 19.1. The summed E-state index contributed by atoms with van der Waals surface area (Å²) in [6, 6.07) is 17.1. The van der Waals surface area contributed by atoms with Crippen molar-refractivity contribution in [1.29, 1.82) is 0 Å². The van der Waals surface area contributed by atoms with E-state index in [9.17, 15) is 19.2 Å². The van der Waals surface area contributed by atoms with E-state index in [4.69, 9.17) is 24.2 Å². The zero-order chi connectivity index (χ0) is 44.9. The zero-order valence-electron chi connectivity index (χ0n) is 37.6. The number of alkyl carbamates (subject to hydrolysis) is 2. The normalized spacial score (nSPS) is 24.1. The van der Waals surface area contributed by atoms with Gasteiger partial charge in [-0.05, 0) is 90.5 Å². The number of nitrogens with one attached hydrogen (secondary N) is 4. The molecule has 1 spiro atoms. The molecule has 3 aliphatic heterocycles. The molecule has 4 N–H and O–H groups in total. The fourth-order valence-corrected chi connectivity index (χ4v) is 11.0. The number of imidazole rings is 2. The van der Waals surface area contributed by atoms with E-state index in [1.165, 1.54) is 14.2 Å². The number of hydrogen-bond donors (Lipinski definition) is 4. The Morgan fingerprint density at radius 3 is 2.20 bits per heavy atom. The number of hydrogen-bond acceptors (Lipinski definition) is 9. The maximum Gasteiger partial charge on any atom is 0.407 e. The Labute approximate surface area is 373 Å². The zero-order valence-corrected chi connectivity index (χ0v) is 37.6. The van der Waals surface area contributed by atoms with Gasteiger partial charge < -0.3 is 44.6 Å². The number of carbonyl (C=O) groups is 4. The first kappa shape index (κ1) is 43.3. The van der Waals surface area contributed by atoms with Crippen LogP contribution in [0.2, 0.25) is 0 Å². The van der Waals surface area contributed by atoms with E-state index in [2.05, 4.69) is 75.2 Å². The van der Waals surface area contributed by atoms with Crippen LogP contribution in [-0.4, -0.2) is 106 Å². The van der Waals surface area contributed by atoms with E-state index >= 15 is 0 Å². The molecule has 3 aromatic carbocycles. The Kier molecular flexibility index (Phi) is 11.9. The molecule has 4 amide bonds. The van der Waals surface area contributed by atoms with Crippen LogP contribution in [0.1, 0.15) is 96.4 Å². The first-order valence-electron chi connectivity index (χ1n) is 22.8.